The van der Waals surface area contributed by atoms with E-state index in [1.165, 1.54) is 32.1 Å². The second-order valence-electron chi connectivity index (χ2n) is 6.91. The molecule has 120 valence electrons. The highest BCUT2D eigenvalue weighted by Gasteiger charge is 2.31. The molecule has 0 spiro atoms. The molecule has 4 atom stereocenters. The van der Waals surface area contributed by atoms with E-state index in [-0.39, 0.29) is 12.1 Å². The zero-order valence-electron chi connectivity index (χ0n) is 13.4. The predicted molar refractivity (Wildman–Crippen MR) is 83.5 cm³/mol. The van der Waals surface area contributed by atoms with E-state index in [0.717, 1.165) is 12.8 Å². The van der Waals surface area contributed by atoms with Crippen LogP contribution in [-0.2, 0) is 0 Å². The van der Waals surface area contributed by atoms with E-state index in [4.69, 9.17) is 5.73 Å². The first-order chi connectivity index (χ1) is 9.45. The van der Waals surface area contributed by atoms with Crippen molar-refractivity contribution in [1.82, 2.24) is 5.32 Å². The summed E-state index contributed by atoms with van der Waals surface area (Å²) in [5.41, 5.74) is 6.13. The first-order valence-electron chi connectivity index (χ1n) is 8.24. The molecule has 4 heteroatoms. The Labute approximate surface area is 124 Å². The van der Waals surface area contributed by atoms with Gasteiger partial charge in [-0.3, -0.25) is 0 Å². The van der Waals surface area contributed by atoms with Crippen molar-refractivity contribution in [3.63, 3.8) is 0 Å². The average molecular weight is 286 g/mol. The van der Waals surface area contributed by atoms with E-state index in [0.29, 0.717) is 11.8 Å². The third-order valence-corrected chi connectivity index (χ3v) is 4.63. The number of hydrogen-bond donors (Lipinski definition) is 4. The van der Waals surface area contributed by atoms with Gasteiger partial charge in [-0.1, -0.05) is 46.0 Å². The Bertz CT molecular complexity index is 255. The standard InChI is InChI=1S/C16H34N2O2/c1-11(2)9-14(18-3)16(20)15(19)13(17)10-12-7-5-4-6-8-12/h11-16,18-20H,4-10,17H2,1-3H3. The van der Waals surface area contributed by atoms with Crippen molar-refractivity contribution in [2.45, 2.75) is 83.1 Å². The molecule has 0 bridgehead atoms. The summed E-state index contributed by atoms with van der Waals surface area (Å²) in [4.78, 5) is 0. The highest BCUT2D eigenvalue weighted by atomic mass is 16.3. The van der Waals surface area contributed by atoms with Crippen LogP contribution in [0.4, 0.5) is 0 Å². The maximum absolute atomic E-state index is 10.3. The SMILES string of the molecule is CNC(CC(C)C)C(O)C(O)C(N)CC1CCCCC1. The number of likely N-dealkylation sites (N-methyl/N-ethyl adjacent to an activating group) is 1. The number of nitrogens with two attached hydrogens (primary N) is 1. The van der Waals surface area contributed by atoms with Crippen LogP contribution in [0.25, 0.3) is 0 Å². The summed E-state index contributed by atoms with van der Waals surface area (Å²) in [6.07, 6.45) is 6.36. The fourth-order valence-corrected chi connectivity index (χ4v) is 3.37. The van der Waals surface area contributed by atoms with Crippen LogP contribution in [-0.4, -0.2) is 41.6 Å². The molecule has 1 aliphatic rings. The molecule has 0 amide bonds. The molecule has 0 aromatic heterocycles. The molecular weight excluding hydrogens is 252 g/mol. The second kappa shape index (κ2) is 8.98. The number of rotatable bonds is 8. The van der Waals surface area contributed by atoms with Gasteiger partial charge in [0.25, 0.3) is 0 Å². The van der Waals surface area contributed by atoms with Crippen LogP contribution in [0, 0.1) is 11.8 Å². The molecule has 0 radical (unpaired) electrons. The lowest BCUT2D eigenvalue weighted by atomic mass is 9.82. The summed E-state index contributed by atoms with van der Waals surface area (Å²) in [7, 11) is 1.83. The van der Waals surface area contributed by atoms with Gasteiger partial charge in [-0.25, -0.2) is 0 Å². The van der Waals surface area contributed by atoms with Crippen molar-refractivity contribution >= 4 is 0 Å². The Hall–Kier alpha value is -0.160. The van der Waals surface area contributed by atoms with Crippen molar-refractivity contribution in [1.29, 1.82) is 0 Å². The summed E-state index contributed by atoms with van der Waals surface area (Å²) in [5, 5.41) is 23.8. The highest BCUT2D eigenvalue weighted by Crippen LogP contribution is 2.28. The van der Waals surface area contributed by atoms with Crippen LogP contribution in [0.3, 0.4) is 0 Å². The van der Waals surface area contributed by atoms with Crippen molar-refractivity contribution in [3.8, 4) is 0 Å². The Balaban J connectivity index is 2.46. The first-order valence-corrected chi connectivity index (χ1v) is 8.24. The van der Waals surface area contributed by atoms with Gasteiger partial charge in [-0.15, -0.1) is 0 Å². The van der Waals surface area contributed by atoms with Crippen LogP contribution < -0.4 is 11.1 Å². The summed E-state index contributed by atoms with van der Waals surface area (Å²) in [5.74, 6) is 1.10. The normalized spacial score (nSPS) is 23.6. The van der Waals surface area contributed by atoms with Crippen LogP contribution in [0.5, 0.6) is 0 Å². The number of aliphatic hydroxyl groups excluding tert-OH is 2. The second-order valence-corrected chi connectivity index (χ2v) is 6.91. The van der Waals surface area contributed by atoms with Gasteiger partial charge in [0.2, 0.25) is 0 Å². The molecule has 1 fully saturated rings. The van der Waals surface area contributed by atoms with Crippen molar-refractivity contribution in [2.75, 3.05) is 7.05 Å². The van der Waals surface area contributed by atoms with E-state index >= 15 is 0 Å². The van der Waals surface area contributed by atoms with Gasteiger partial charge in [0.15, 0.2) is 0 Å². The molecule has 0 aliphatic heterocycles. The summed E-state index contributed by atoms with van der Waals surface area (Å²) in [6, 6.07) is -0.418. The molecule has 1 saturated carbocycles. The molecule has 0 aromatic rings. The molecule has 20 heavy (non-hydrogen) atoms. The molecule has 1 rings (SSSR count). The van der Waals surface area contributed by atoms with E-state index < -0.39 is 12.2 Å². The van der Waals surface area contributed by atoms with Crippen molar-refractivity contribution < 1.29 is 10.2 Å². The van der Waals surface area contributed by atoms with E-state index in [1.54, 1.807) is 0 Å². The maximum Gasteiger partial charge on any atom is 0.0966 e. The molecule has 4 nitrogen and oxygen atoms in total. The van der Waals surface area contributed by atoms with Gasteiger partial charge in [0.1, 0.15) is 0 Å². The smallest absolute Gasteiger partial charge is 0.0966 e. The Morgan fingerprint density at radius 1 is 1.10 bits per heavy atom. The molecule has 1 aliphatic carbocycles. The highest BCUT2D eigenvalue weighted by molar-refractivity contribution is 4.88. The fraction of sp³-hybridized carbons (Fsp3) is 1.00. The van der Waals surface area contributed by atoms with Gasteiger partial charge >= 0.3 is 0 Å². The zero-order chi connectivity index (χ0) is 15.1. The lowest BCUT2D eigenvalue weighted by Crippen LogP contribution is -2.52. The number of nitrogens with one attached hydrogen (secondary N) is 1. The topological polar surface area (TPSA) is 78.5 Å². The first kappa shape index (κ1) is 17.9. The van der Waals surface area contributed by atoms with E-state index in [2.05, 4.69) is 19.2 Å². The third-order valence-electron chi connectivity index (χ3n) is 4.63. The quantitative estimate of drug-likeness (QED) is 0.547. The minimum Gasteiger partial charge on any atom is -0.389 e. The van der Waals surface area contributed by atoms with Crippen molar-refractivity contribution in [2.24, 2.45) is 17.6 Å². The average Bonchev–Trinajstić information content (AvgIpc) is 2.44. The monoisotopic (exact) mass is 286 g/mol. The van der Waals surface area contributed by atoms with Gasteiger partial charge in [-0.05, 0) is 31.7 Å². The third kappa shape index (κ3) is 5.68. The minimum atomic E-state index is -0.840. The summed E-state index contributed by atoms with van der Waals surface area (Å²) in [6.45, 7) is 4.23. The molecule has 4 unspecified atom stereocenters. The molecule has 0 heterocycles. The van der Waals surface area contributed by atoms with Gasteiger partial charge in [0, 0.05) is 12.1 Å². The Morgan fingerprint density at radius 2 is 1.70 bits per heavy atom. The number of hydrogen-bond acceptors (Lipinski definition) is 4. The number of aliphatic hydroxyl groups is 2. The zero-order valence-corrected chi connectivity index (χ0v) is 13.4. The fourth-order valence-electron chi connectivity index (χ4n) is 3.37. The van der Waals surface area contributed by atoms with Crippen LogP contribution in [0.1, 0.15) is 58.8 Å². The lowest BCUT2D eigenvalue weighted by molar-refractivity contribution is -0.0240. The van der Waals surface area contributed by atoms with Gasteiger partial charge < -0.3 is 21.3 Å². The predicted octanol–water partition coefficient (Wildman–Crippen LogP) is 1.64. The lowest BCUT2D eigenvalue weighted by Gasteiger charge is -2.33. The largest absolute Gasteiger partial charge is 0.389 e. The molecule has 5 N–H and O–H groups in total. The van der Waals surface area contributed by atoms with Crippen molar-refractivity contribution in [3.05, 3.63) is 0 Å². The molecule has 0 saturated heterocycles. The Morgan fingerprint density at radius 3 is 2.20 bits per heavy atom. The van der Waals surface area contributed by atoms with E-state index in [9.17, 15) is 10.2 Å². The molecule has 0 aromatic carbocycles. The maximum atomic E-state index is 10.3. The Kier molecular flexibility index (Phi) is 8.03. The summed E-state index contributed by atoms with van der Waals surface area (Å²) < 4.78 is 0. The molecular formula is C16H34N2O2. The van der Waals surface area contributed by atoms with Crippen LogP contribution in [0.15, 0.2) is 0 Å². The van der Waals surface area contributed by atoms with Gasteiger partial charge in [-0.2, -0.15) is 0 Å². The van der Waals surface area contributed by atoms with E-state index in [1.807, 2.05) is 7.05 Å². The summed E-state index contributed by atoms with van der Waals surface area (Å²) >= 11 is 0. The van der Waals surface area contributed by atoms with Gasteiger partial charge in [0.05, 0.1) is 12.2 Å². The van der Waals surface area contributed by atoms with Crippen LogP contribution in [0.2, 0.25) is 0 Å². The van der Waals surface area contributed by atoms with Crippen LogP contribution >= 0.6 is 0 Å². The minimum absolute atomic E-state index is 0.0950.